The van der Waals surface area contributed by atoms with Gasteiger partial charge in [0.15, 0.2) is 5.82 Å². The van der Waals surface area contributed by atoms with Gasteiger partial charge >= 0.3 is 0 Å². The summed E-state index contributed by atoms with van der Waals surface area (Å²) in [7, 11) is -3.93. The van der Waals surface area contributed by atoms with Crippen LogP contribution >= 0.6 is 0 Å². The van der Waals surface area contributed by atoms with Crippen LogP contribution in [0.25, 0.3) is 0 Å². The zero-order valence-electron chi connectivity index (χ0n) is 8.95. The van der Waals surface area contributed by atoms with Gasteiger partial charge in [0.25, 0.3) is 15.6 Å². The van der Waals surface area contributed by atoms with E-state index in [9.17, 15) is 13.2 Å². The summed E-state index contributed by atoms with van der Waals surface area (Å²) >= 11 is 0. The molecule has 0 aliphatic carbocycles. The van der Waals surface area contributed by atoms with E-state index in [1.54, 1.807) is 0 Å². The number of aliphatic hydroxyl groups is 1. The Balaban J connectivity index is 2.26. The normalized spacial score (nSPS) is 11.4. The number of furan rings is 1. The van der Waals surface area contributed by atoms with Gasteiger partial charge in [0.1, 0.15) is 12.4 Å². The molecule has 0 amide bonds. The average Bonchev–Trinajstić information content (AvgIpc) is 2.81. The summed E-state index contributed by atoms with van der Waals surface area (Å²) in [6.07, 6.45) is 0. The summed E-state index contributed by atoms with van der Waals surface area (Å²) in [5.41, 5.74) is -0.446. The molecular weight excluding hydrogens is 262 g/mol. The standard InChI is InChI=1S/C9H9N3O5S/c13-5-6-1-4-9(17-6)18(15,16)12-7-2-3-8(14)11-10-7/h1-4,13H,5H2,(H,10,12)(H,11,14). The van der Waals surface area contributed by atoms with Crippen molar-refractivity contribution in [1.29, 1.82) is 0 Å². The van der Waals surface area contributed by atoms with Crippen molar-refractivity contribution in [2.75, 3.05) is 4.72 Å². The predicted molar refractivity (Wildman–Crippen MR) is 60.3 cm³/mol. The van der Waals surface area contributed by atoms with Crippen LogP contribution in [0.2, 0.25) is 0 Å². The molecule has 0 aromatic carbocycles. The zero-order chi connectivity index (χ0) is 13.2. The average molecular weight is 271 g/mol. The van der Waals surface area contributed by atoms with Crippen LogP contribution in [0.1, 0.15) is 5.76 Å². The first kappa shape index (κ1) is 12.3. The summed E-state index contributed by atoms with van der Waals surface area (Å²) in [6.45, 7) is -0.396. The molecule has 0 saturated heterocycles. The third-order valence-electron chi connectivity index (χ3n) is 1.98. The van der Waals surface area contributed by atoms with Gasteiger partial charge in [-0.2, -0.15) is 13.5 Å². The van der Waals surface area contributed by atoms with E-state index in [4.69, 9.17) is 9.52 Å². The molecule has 0 radical (unpaired) electrons. The van der Waals surface area contributed by atoms with Gasteiger partial charge in [-0.25, -0.2) is 5.10 Å². The minimum Gasteiger partial charge on any atom is -0.445 e. The highest BCUT2D eigenvalue weighted by Crippen LogP contribution is 2.16. The maximum absolute atomic E-state index is 11.8. The first-order chi connectivity index (χ1) is 8.51. The first-order valence-corrected chi connectivity index (χ1v) is 6.28. The fourth-order valence-electron chi connectivity index (χ4n) is 1.18. The molecule has 0 aliphatic rings. The van der Waals surface area contributed by atoms with E-state index >= 15 is 0 Å². The minimum atomic E-state index is -3.93. The van der Waals surface area contributed by atoms with Crippen molar-refractivity contribution >= 4 is 15.8 Å². The lowest BCUT2D eigenvalue weighted by molar-refractivity contribution is 0.236. The zero-order valence-corrected chi connectivity index (χ0v) is 9.77. The molecule has 0 aliphatic heterocycles. The number of aromatic nitrogens is 2. The van der Waals surface area contributed by atoms with Crippen LogP contribution in [0.3, 0.4) is 0 Å². The largest absolute Gasteiger partial charge is 0.445 e. The Bertz CT molecular complexity index is 682. The fourth-order valence-corrected chi connectivity index (χ4v) is 2.13. The second-order valence-electron chi connectivity index (χ2n) is 3.29. The van der Waals surface area contributed by atoms with Crippen LogP contribution in [0.5, 0.6) is 0 Å². The lowest BCUT2D eigenvalue weighted by Gasteiger charge is -2.03. The maximum atomic E-state index is 11.8. The number of anilines is 1. The van der Waals surface area contributed by atoms with E-state index in [-0.39, 0.29) is 16.7 Å². The highest BCUT2D eigenvalue weighted by Gasteiger charge is 2.19. The lowest BCUT2D eigenvalue weighted by Crippen LogP contribution is -2.15. The van der Waals surface area contributed by atoms with Crippen molar-refractivity contribution in [2.24, 2.45) is 0 Å². The molecule has 0 saturated carbocycles. The van der Waals surface area contributed by atoms with Gasteiger partial charge in [0, 0.05) is 6.07 Å². The lowest BCUT2D eigenvalue weighted by atomic mass is 10.5. The Morgan fingerprint density at radius 2 is 2.11 bits per heavy atom. The molecule has 2 aromatic heterocycles. The number of sulfonamides is 1. The molecule has 2 rings (SSSR count). The monoisotopic (exact) mass is 271 g/mol. The molecule has 2 aromatic rings. The summed E-state index contributed by atoms with van der Waals surface area (Å²) in [4.78, 5) is 10.8. The Morgan fingerprint density at radius 3 is 2.67 bits per heavy atom. The number of hydrogen-bond acceptors (Lipinski definition) is 6. The Labute approximate surface area is 101 Å². The molecule has 0 unspecified atom stereocenters. The third kappa shape index (κ3) is 2.57. The number of hydrogen-bond donors (Lipinski definition) is 3. The molecular formula is C9H9N3O5S. The number of rotatable bonds is 4. The Kier molecular flexibility index (Phi) is 3.17. The summed E-state index contributed by atoms with van der Waals surface area (Å²) in [5.74, 6) is 0.0846. The Hall–Kier alpha value is -2.13. The second-order valence-corrected chi connectivity index (χ2v) is 4.90. The van der Waals surface area contributed by atoms with Crippen LogP contribution < -0.4 is 10.3 Å². The number of aliphatic hydroxyl groups excluding tert-OH is 1. The van der Waals surface area contributed by atoms with E-state index < -0.39 is 22.2 Å². The number of H-pyrrole nitrogens is 1. The summed E-state index contributed by atoms with van der Waals surface area (Å²) < 4.78 is 30.6. The van der Waals surface area contributed by atoms with Crippen molar-refractivity contribution in [3.05, 3.63) is 40.4 Å². The molecule has 96 valence electrons. The van der Waals surface area contributed by atoms with Crippen LogP contribution in [0.4, 0.5) is 5.82 Å². The van der Waals surface area contributed by atoms with Gasteiger partial charge in [0.2, 0.25) is 5.09 Å². The van der Waals surface area contributed by atoms with E-state index in [2.05, 4.69) is 14.9 Å². The molecule has 0 fully saturated rings. The number of nitrogens with one attached hydrogen (secondary N) is 2. The van der Waals surface area contributed by atoms with Crippen molar-refractivity contribution in [1.82, 2.24) is 10.2 Å². The number of aromatic amines is 1. The number of nitrogens with zero attached hydrogens (tertiary/aromatic N) is 1. The van der Waals surface area contributed by atoms with Crippen molar-refractivity contribution < 1.29 is 17.9 Å². The first-order valence-electron chi connectivity index (χ1n) is 4.79. The smallest absolute Gasteiger partial charge is 0.296 e. The van der Waals surface area contributed by atoms with E-state index in [1.807, 2.05) is 0 Å². The quantitative estimate of drug-likeness (QED) is 0.698. The fraction of sp³-hybridized carbons (Fsp3) is 0.111. The van der Waals surface area contributed by atoms with Gasteiger partial charge in [-0.1, -0.05) is 0 Å². The molecule has 8 nitrogen and oxygen atoms in total. The second kappa shape index (κ2) is 4.63. The minimum absolute atomic E-state index is 0.0449. The Morgan fingerprint density at radius 1 is 1.33 bits per heavy atom. The van der Waals surface area contributed by atoms with Gasteiger partial charge in [0.05, 0.1) is 0 Å². The molecule has 0 spiro atoms. The van der Waals surface area contributed by atoms with E-state index in [1.165, 1.54) is 18.2 Å². The van der Waals surface area contributed by atoms with Gasteiger partial charge in [-0.05, 0) is 18.2 Å². The summed E-state index contributed by atoms with van der Waals surface area (Å²) in [5, 5.41) is 14.0. The van der Waals surface area contributed by atoms with Crippen molar-refractivity contribution in [3.63, 3.8) is 0 Å². The van der Waals surface area contributed by atoms with Crippen LogP contribution in [0.15, 0.2) is 38.6 Å². The molecule has 3 N–H and O–H groups in total. The van der Waals surface area contributed by atoms with E-state index in [0.717, 1.165) is 6.07 Å². The van der Waals surface area contributed by atoms with E-state index in [0.29, 0.717) is 0 Å². The maximum Gasteiger partial charge on any atom is 0.296 e. The van der Waals surface area contributed by atoms with Crippen molar-refractivity contribution in [2.45, 2.75) is 11.7 Å². The molecule has 0 bridgehead atoms. The highest BCUT2D eigenvalue weighted by molar-refractivity contribution is 7.92. The molecule has 18 heavy (non-hydrogen) atoms. The molecule has 0 atom stereocenters. The van der Waals surface area contributed by atoms with Gasteiger partial charge in [-0.3, -0.25) is 9.52 Å². The molecule has 9 heteroatoms. The van der Waals surface area contributed by atoms with Gasteiger partial charge in [-0.15, -0.1) is 0 Å². The topological polar surface area (TPSA) is 125 Å². The van der Waals surface area contributed by atoms with Crippen molar-refractivity contribution in [3.8, 4) is 0 Å². The van der Waals surface area contributed by atoms with Crippen LogP contribution in [0, 0.1) is 0 Å². The SMILES string of the molecule is O=c1ccc(NS(=O)(=O)c2ccc(CO)o2)n[nH]1. The third-order valence-corrected chi connectivity index (χ3v) is 3.20. The van der Waals surface area contributed by atoms with Gasteiger partial charge < -0.3 is 9.52 Å². The summed E-state index contributed by atoms with van der Waals surface area (Å²) in [6, 6.07) is 4.90. The van der Waals surface area contributed by atoms with Crippen LogP contribution in [-0.4, -0.2) is 23.7 Å². The predicted octanol–water partition coefficient (Wildman–Crippen LogP) is -0.344. The van der Waals surface area contributed by atoms with Crippen LogP contribution in [-0.2, 0) is 16.6 Å². The molecule has 2 heterocycles. The highest BCUT2D eigenvalue weighted by atomic mass is 32.2.